The monoisotopic (exact) mass is 251 g/mol. The number of unbranched alkanes of at least 4 members (excludes halogenated alkanes) is 1. The number of ether oxygens (including phenoxy) is 2. The topological polar surface area (TPSA) is 47.6 Å². The Bertz CT molecular complexity index is 416. The van der Waals surface area contributed by atoms with Crippen LogP contribution in [0.25, 0.3) is 0 Å². The van der Waals surface area contributed by atoms with Crippen LogP contribution in [0.4, 0.5) is 5.69 Å². The molecule has 0 saturated carbocycles. The van der Waals surface area contributed by atoms with Crippen molar-refractivity contribution in [1.29, 1.82) is 0 Å². The largest absolute Gasteiger partial charge is 0.496 e. The van der Waals surface area contributed by atoms with Gasteiger partial charge in [0, 0.05) is 12.0 Å². The maximum absolute atomic E-state index is 11.7. The van der Waals surface area contributed by atoms with Gasteiger partial charge < -0.3 is 14.8 Å². The third kappa shape index (κ3) is 3.39. The summed E-state index contributed by atoms with van der Waals surface area (Å²) in [6.07, 6.45) is 2.43. The van der Waals surface area contributed by atoms with Crippen molar-refractivity contribution in [3.05, 3.63) is 17.7 Å². The minimum absolute atomic E-state index is 0.0136. The summed E-state index contributed by atoms with van der Waals surface area (Å²) in [5.41, 5.74) is 1.57. The summed E-state index contributed by atoms with van der Waals surface area (Å²) in [6, 6.07) is 3.63. The molecule has 0 radical (unpaired) electrons. The van der Waals surface area contributed by atoms with Gasteiger partial charge in [-0.05, 0) is 25.5 Å². The molecule has 1 aromatic rings. The number of hydrogen-bond acceptors (Lipinski definition) is 3. The highest BCUT2D eigenvalue weighted by Gasteiger charge is 2.12. The molecule has 0 atom stereocenters. The molecule has 0 aliphatic carbocycles. The van der Waals surface area contributed by atoms with E-state index in [2.05, 4.69) is 12.2 Å². The van der Waals surface area contributed by atoms with Crippen molar-refractivity contribution in [1.82, 2.24) is 0 Å². The van der Waals surface area contributed by atoms with Gasteiger partial charge in [0.05, 0.1) is 19.9 Å². The van der Waals surface area contributed by atoms with Gasteiger partial charge in [-0.15, -0.1) is 0 Å². The third-order valence-electron chi connectivity index (χ3n) is 2.81. The van der Waals surface area contributed by atoms with E-state index in [9.17, 15) is 4.79 Å². The number of nitrogens with one attached hydrogen (secondary N) is 1. The predicted octanol–water partition coefficient (Wildman–Crippen LogP) is 3.14. The molecule has 4 heteroatoms. The highest BCUT2D eigenvalue weighted by atomic mass is 16.5. The van der Waals surface area contributed by atoms with Gasteiger partial charge in [0.25, 0.3) is 0 Å². The average molecular weight is 251 g/mol. The lowest BCUT2D eigenvalue weighted by Gasteiger charge is -2.15. The smallest absolute Gasteiger partial charge is 0.224 e. The first-order valence-electron chi connectivity index (χ1n) is 6.15. The van der Waals surface area contributed by atoms with Crippen molar-refractivity contribution >= 4 is 11.6 Å². The molecular formula is C14H21NO3. The molecule has 1 N–H and O–H groups in total. The average Bonchev–Trinajstić information content (AvgIpc) is 2.37. The van der Waals surface area contributed by atoms with Crippen LogP contribution < -0.4 is 14.8 Å². The van der Waals surface area contributed by atoms with E-state index in [4.69, 9.17) is 9.47 Å². The molecule has 0 unspecified atom stereocenters. The zero-order chi connectivity index (χ0) is 13.5. The Hall–Kier alpha value is -1.71. The number of rotatable bonds is 6. The van der Waals surface area contributed by atoms with Crippen molar-refractivity contribution < 1.29 is 14.3 Å². The molecule has 0 aromatic heterocycles. The summed E-state index contributed by atoms with van der Waals surface area (Å²) in [6.45, 7) is 3.96. The molecule has 0 bridgehead atoms. The van der Waals surface area contributed by atoms with Gasteiger partial charge in [-0.3, -0.25) is 4.79 Å². The van der Waals surface area contributed by atoms with Crippen LogP contribution in [0.2, 0.25) is 0 Å². The lowest BCUT2D eigenvalue weighted by atomic mass is 10.1. The Morgan fingerprint density at radius 1 is 1.28 bits per heavy atom. The quantitative estimate of drug-likeness (QED) is 0.845. The van der Waals surface area contributed by atoms with E-state index in [1.165, 1.54) is 0 Å². The van der Waals surface area contributed by atoms with E-state index in [0.717, 1.165) is 24.2 Å². The van der Waals surface area contributed by atoms with Crippen molar-refractivity contribution in [3.8, 4) is 11.5 Å². The minimum Gasteiger partial charge on any atom is -0.496 e. The summed E-state index contributed by atoms with van der Waals surface area (Å²) in [5, 5.41) is 2.87. The van der Waals surface area contributed by atoms with E-state index >= 15 is 0 Å². The number of carbonyl (C=O) groups excluding carboxylic acids is 1. The van der Waals surface area contributed by atoms with Crippen LogP contribution in [-0.2, 0) is 4.79 Å². The van der Waals surface area contributed by atoms with Crippen molar-refractivity contribution in [3.63, 3.8) is 0 Å². The van der Waals surface area contributed by atoms with Crippen LogP contribution in [0.15, 0.2) is 12.1 Å². The van der Waals surface area contributed by atoms with Gasteiger partial charge in [-0.2, -0.15) is 0 Å². The van der Waals surface area contributed by atoms with Crippen molar-refractivity contribution in [2.24, 2.45) is 0 Å². The lowest BCUT2D eigenvalue weighted by molar-refractivity contribution is -0.116. The molecular weight excluding hydrogens is 230 g/mol. The summed E-state index contributed by atoms with van der Waals surface area (Å²) >= 11 is 0. The zero-order valence-electron chi connectivity index (χ0n) is 11.5. The predicted molar refractivity (Wildman–Crippen MR) is 72.4 cm³/mol. The second-order valence-corrected chi connectivity index (χ2v) is 4.13. The standard InChI is InChI=1S/C14H21NO3/c1-5-6-7-13(16)15-11-8-9-12(17-3)10(2)14(11)18-4/h8-9H,5-7H2,1-4H3,(H,15,16). The molecule has 4 nitrogen and oxygen atoms in total. The number of amides is 1. The molecule has 0 aliphatic rings. The molecule has 0 fully saturated rings. The SMILES string of the molecule is CCCCC(=O)Nc1ccc(OC)c(C)c1OC. The van der Waals surface area contributed by atoms with Crippen LogP contribution in [0.5, 0.6) is 11.5 Å². The van der Waals surface area contributed by atoms with Crippen LogP contribution in [0, 0.1) is 6.92 Å². The number of benzene rings is 1. The first kappa shape index (κ1) is 14.4. The Morgan fingerprint density at radius 2 is 2.00 bits per heavy atom. The van der Waals surface area contributed by atoms with Crippen LogP contribution in [-0.4, -0.2) is 20.1 Å². The molecule has 100 valence electrons. The Labute approximate surface area is 108 Å². The van der Waals surface area contributed by atoms with E-state index in [1.54, 1.807) is 20.3 Å². The van der Waals surface area contributed by atoms with Crippen molar-refractivity contribution in [2.45, 2.75) is 33.1 Å². The minimum atomic E-state index is 0.0136. The Balaban J connectivity index is 2.89. The van der Waals surface area contributed by atoms with E-state index in [-0.39, 0.29) is 5.91 Å². The molecule has 1 rings (SSSR count). The van der Waals surface area contributed by atoms with Gasteiger partial charge in [0.1, 0.15) is 11.5 Å². The maximum atomic E-state index is 11.7. The van der Waals surface area contributed by atoms with Gasteiger partial charge in [0.15, 0.2) is 0 Å². The Morgan fingerprint density at radius 3 is 2.56 bits per heavy atom. The van der Waals surface area contributed by atoms with Crippen molar-refractivity contribution in [2.75, 3.05) is 19.5 Å². The number of anilines is 1. The van der Waals surface area contributed by atoms with Gasteiger partial charge in [-0.25, -0.2) is 0 Å². The first-order chi connectivity index (χ1) is 8.63. The Kier molecular flexibility index (Phi) is 5.49. The highest BCUT2D eigenvalue weighted by Crippen LogP contribution is 2.34. The van der Waals surface area contributed by atoms with E-state index in [0.29, 0.717) is 17.9 Å². The highest BCUT2D eigenvalue weighted by molar-refractivity contribution is 5.92. The molecule has 1 amide bonds. The summed E-state index contributed by atoms with van der Waals surface area (Å²) < 4.78 is 10.5. The lowest BCUT2D eigenvalue weighted by Crippen LogP contribution is -2.12. The summed E-state index contributed by atoms with van der Waals surface area (Å²) in [7, 11) is 3.20. The van der Waals surface area contributed by atoms with Gasteiger partial charge in [0.2, 0.25) is 5.91 Å². The molecule has 18 heavy (non-hydrogen) atoms. The van der Waals surface area contributed by atoms with Crippen LogP contribution in [0.1, 0.15) is 31.7 Å². The second-order valence-electron chi connectivity index (χ2n) is 4.13. The van der Waals surface area contributed by atoms with E-state index in [1.807, 2.05) is 13.0 Å². The number of carbonyl (C=O) groups is 1. The fourth-order valence-electron chi connectivity index (χ4n) is 1.81. The van der Waals surface area contributed by atoms with Gasteiger partial charge >= 0.3 is 0 Å². The molecule has 0 saturated heterocycles. The van der Waals surface area contributed by atoms with Crippen LogP contribution >= 0.6 is 0 Å². The van der Waals surface area contributed by atoms with E-state index < -0.39 is 0 Å². The summed E-state index contributed by atoms with van der Waals surface area (Å²) in [5.74, 6) is 1.41. The first-order valence-corrected chi connectivity index (χ1v) is 6.15. The van der Waals surface area contributed by atoms with Crippen LogP contribution in [0.3, 0.4) is 0 Å². The fraction of sp³-hybridized carbons (Fsp3) is 0.500. The fourth-order valence-corrected chi connectivity index (χ4v) is 1.81. The molecule has 1 aromatic carbocycles. The number of hydrogen-bond donors (Lipinski definition) is 1. The molecule has 0 heterocycles. The number of methoxy groups -OCH3 is 2. The molecule has 0 spiro atoms. The second kappa shape index (κ2) is 6.89. The third-order valence-corrected chi connectivity index (χ3v) is 2.81. The summed E-state index contributed by atoms with van der Waals surface area (Å²) in [4.78, 5) is 11.7. The normalized spacial score (nSPS) is 10.0. The van der Waals surface area contributed by atoms with Gasteiger partial charge in [-0.1, -0.05) is 13.3 Å². The maximum Gasteiger partial charge on any atom is 0.224 e. The molecule has 0 aliphatic heterocycles. The zero-order valence-corrected chi connectivity index (χ0v) is 11.5.